The Kier molecular flexibility index (Phi) is 5.36. The predicted octanol–water partition coefficient (Wildman–Crippen LogP) is 5.43. The van der Waals surface area contributed by atoms with Gasteiger partial charge in [0.1, 0.15) is 0 Å². The lowest BCUT2D eigenvalue weighted by Gasteiger charge is -2.51. The zero-order chi connectivity index (χ0) is 19.7. The van der Waals surface area contributed by atoms with Crippen molar-refractivity contribution >= 4 is 16.8 Å². The van der Waals surface area contributed by atoms with E-state index in [2.05, 4.69) is 27.7 Å². The average Bonchev–Trinajstić information content (AvgIpc) is 2.59. The smallest absolute Gasteiger partial charge is 0.274 e. The molecule has 0 radical (unpaired) electrons. The Morgan fingerprint density at radius 3 is 2.37 bits per heavy atom. The van der Waals surface area contributed by atoms with E-state index in [4.69, 9.17) is 4.84 Å². The van der Waals surface area contributed by atoms with E-state index >= 15 is 0 Å². The highest BCUT2D eigenvalue weighted by Crippen LogP contribution is 2.38. The van der Waals surface area contributed by atoms with Gasteiger partial charge in [-0.1, -0.05) is 36.4 Å². The lowest BCUT2D eigenvalue weighted by Crippen LogP contribution is -2.58. The van der Waals surface area contributed by atoms with Crippen LogP contribution in [0.25, 0.3) is 16.8 Å². The van der Waals surface area contributed by atoms with E-state index < -0.39 is 0 Å². The topological polar surface area (TPSA) is 55.6 Å². The quantitative estimate of drug-likeness (QED) is 0.521. The molecule has 5 nitrogen and oxygen atoms in total. The van der Waals surface area contributed by atoms with Crippen LogP contribution in [0.1, 0.15) is 52.5 Å². The van der Waals surface area contributed by atoms with Crippen molar-refractivity contribution in [3.8, 4) is 0 Å². The largest absolute Gasteiger partial charge is 0.287 e. The highest BCUT2D eigenvalue weighted by molar-refractivity contribution is 5.84. The molecule has 3 rings (SSSR count). The van der Waals surface area contributed by atoms with E-state index in [1.165, 1.54) is 0 Å². The summed E-state index contributed by atoms with van der Waals surface area (Å²) in [7, 11) is 0. The Morgan fingerprint density at radius 1 is 1.11 bits per heavy atom. The first kappa shape index (κ1) is 19.5. The van der Waals surface area contributed by atoms with Crippen LogP contribution in [0.3, 0.4) is 0 Å². The molecule has 27 heavy (non-hydrogen) atoms. The standard InChI is InChI=1S/C22H28N2O3/c1-21(2)12-7-13-22(3,4)24(21)27-16-20(23(25)26)15-17-10-11-18-8-5-6-9-19(18)14-17/h5-6,8-11,14-15H,7,12-13,16H2,1-4H3/b20-15-. The highest BCUT2D eigenvalue weighted by Gasteiger charge is 2.43. The second-order valence-electron chi connectivity index (χ2n) is 8.55. The molecule has 1 saturated heterocycles. The molecule has 0 atom stereocenters. The Labute approximate surface area is 160 Å². The van der Waals surface area contributed by atoms with Crippen LogP contribution in [0.15, 0.2) is 48.2 Å². The van der Waals surface area contributed by atoms with Crippen molar-refractivity contribution in [3.05, 3.63) is 63.8 Å². The summed E-state index contributed by atoms with van der Waals surface area (Å²) >= 11 is 0. The van der Waals surface area contributed by atoms with Gasteiger partial charge in [-0.15, -0.1) is 0 Å². The summed E-state index contributed by atoms with van der Waals surface area (Å²) < 4.78 is 0. The van der Waals surface area contributed by atoms with Gasteiger partial charge in [0, 0.05) is 17.2 Å². The first-order valence-electron chi connectivity index (χ1n) is 9.46. The van der Waals surface area contributed by atoms with Crippen LogP contribution in [-0.2, 0) is 4.84 Å². The number of hydrogen-bond donors (Lipinski definition) is 0. The zero-order valence-corrected chi connectivity index (χ0v) is 16.6. The molecule has 144 valence electrons. The second kappa shape index (κ2) is 7.41. The number of rotatable bonds is 5. The predicted molar refractivity (Wildman–Crippen MR) is 109 cm³/mol. The molecule has 1 aliphatic heterocycles. The van der Waals surface area contributed by atoms with Gasteiger partial charge in [0.25, 0.3) is 5.70 Å². The summed E-state index contributed by atoms with van der Waals surface area (Å²) in [4.78, 5) is 17.3. The van der Waals surface area contributed by atoms with Gasteiger partial charge < -0.3 is 0 Å². The summed E-state index contributed by atoms with van der Waals surface area (Å²) in [5.74, 6) is 0. The third-order valence-electron chi connectivity index (χ3n) is 5.36. The van der Waals surface area contributed by atoms with Crippen molar-refractivity contribution in [1.82, 2.24) is 5.06 Å². The molecule has 0 aromatic heterocycles. The molecule has 0 unspecified atom stereocenters. The Morgan fingerprint density at radius 2 is 1.74 bits per heavy atom. The maximum Gasteiger partial charge on any atom is 0.274 e. The SMILES string of the molecule is CC1(C)CCCC(C)(C)N1OC/C(=C/c1ccc2ccccc2c1)[N+](=O)[O-]. The van der Waals surface area contributed by atoms with Crippen LogP contribution >= 0.6 is 0 Å². The van der Waals surface area contributed by atoms with Gasteiger partial charge >= 0.3 is 0 Å². The lowest BCUT2D eigenvalue weighted by molar-refractivity contribution is -0.436. The van der Waals surface area contributed by atoms with Crippen molar-refractivity contribution in [3.63, 3.8) is 0 Å². The van der Waals surface area contributed by atoms with Gasteiger partial charge in [-0.3, -0.25) is 15.0 Å². The first-order valence-corrected chi connectivity index (χ1v) is 9.46. The van der Waals surface area contributed by atoms with E-state index in [-0.39, 0.29) is 28.3 Å². The summed E-state index contributed by atoms with van der Waals surface area (Å²) in [5.41, 5.74) is 0.572. The molecule has 2 aromatic rings. The van der Waals surface area contributed by atoms with Gasteiger partial charge in [0.2, 0.25) is 0 Å². The van der Waals surface area contributed by atoms with E-state index in [0.29, 0.717) is 0 Å². The molecule has 0 saturated carbocycles. The molecule has 2 aromatic carbocycles. The minimum Gasteiger partial charge on any atom is -0.287 e. The summed E-state index contributed by atoms with van der Waals surface area (Å²) in [6.07, 6.45) is 4.77. The fraction of sp³-hybridized carbons (Fsp3) is 0.455. The van der Waals surface area contributed by atoms with E-state index in [9.17, 15) is 10.1 Å². The average molecular weight is 368 g/mol. The van der Waals surface area contributed by atoms with Crippen LogP contribution in [0, 0.1) is 10.1 Å². The zero-order valence-electron chi connectivity index (χ0n) is 16.6. The number of fused-ring (bicyclic) bond motifs is 1. The molecule has 0 amide bonds. The van der Waals surface area contributed by atoms with Crippen LogP contribution in [0.4, 0.5) is 0 Å². The summed E-state index contributed by atoms with van der Waals surface area (Å²) in [6.45, 7) is 8.48. The normalized spacial score (nSPS) is 19.9. The second-order valence-corrected chi connectivity index (χ2v) is 8.55. The minimum absolute atomic E-state index is 0.0489. The molecule has 0 bridgehead atoms. The maximum atomic E-state index is 11.6. The van der Waals surface area contributed by atoms with Gasteiger partial charge in [0.05, 0.1) is 4.92 Å². The van der Waals surface area contributed by atoms with Crippen LogP contribution < -0.4 is 0 Å². The minimum atomic E-state index is -0.348. The van der Waals surface area contributed by atoms with Crippen molar-refractivity contribution in [2.24, 2.45) is 0 Å². The first-order chi connectivity index (χ1) is 12.7. The molecule has 5 heteroatoms. The number of hydrogen-bond acceptors (Lipinski definition) is 4. The molecule has 0 N–H and O–H groups in total. The number of hydroxylamine groups is 2. The monoisotopic (exact) mass is 368 g/mol. The van der Waals surface area contributed by atoms with Gasteiger partial charge in [0.15, 0.2) is 6.61 Å². The van der Waals surface area contributed by atoms with Crippen LogP contribution in [0.2, 0.25) is 0 Å². The molecule has 1 fully saturated rings. The van der Waals surface area contributed by atoms with Crippen LogP contribution in [-0.4, -0.2) is 27.7 Å². The maximum absolute atomic E-state index is 11.6. The molecule has 1 aliphatic rings. The van der Waals surface area contributed by atoms with Gasteiger partial charge in [-0.2, -0.15) is 5.06 Å². The van der Waals surface area contributed by atoms with E-state index in [1.807, 2.05) is 47.5 Å². The van der Waals surface area contributed by atoms with Crippen molar-refractivity contribution < 1.29 is 9.76 Å². The summed E-state index contributed by atoms with van der Waals surface area (Å²) in [6, 6.07) is 13.8. The molecule has 1 heterocycles. The molecule has 0 spiro atoms. The van der Waals surface area contributed by atoms with Crippen molar-refractivity contribution in [1.29, 1.82) is 0 Å². The molecular formula is C22H28N2O3. The highest BCUT2D eigenvalue weighted by atomic mass is 16.7. The number of benzene rings is 2. The Hall–Kier alpha value is -2.24. The van der Waals surface area contributed by atoms with Crippen LogP contribution in [0.5, 0.6) is 0 Å². The van der Waals surface area contributed by atoms with Crippen molar-refractivity contribution in [2.45, 2.75) is 58.0 Å². The van der Waals surface area contributed by atoms with Crippen molar-refractivity contribution in [2.75, 3.05) is 6.61 Å². The Bertz CT molecular complexity index is 855. The molecular weight excluding hydrogens is 340 g/mol. The number of nitro groups is 1. The van der Waals surface area contributed by atoms with Gasteiger partial charge in [-0.25, -0.2) is 0 Å². The third kappa shape index (κ3) is 4.37. The fourth-order valence-electron chi connectivity index (χ4n) is 4.09. The summed E-state index contributed by atoms with van der Waals surface area (Å²) in [5, 5.41) is 15.7. The van der Waals surface area contributed by atoms with Gasteiger partial charge in [-0.05, 0) is 69.4 Å². The molecule has 0 aliphatic carbocycles. The third-order valence-corrected chi connectivity index (χ3v) is 5.36. The Balaban J connectivity index is 1.82. The lowest BCUT2D eigenvalue weighted by atomic mass is 9.82. The van der Waals surface area contributed by atoms with E-state index in [1.54, 1.807) is 6.08 Å². The number of piperidine rings is 1. The number of nitrogens with zero attached hydrogens (tertiary/aromatic N) is 2. The fourth-order valence-corrected chi connectivity index (χ4v) is 4.09. The van der Waals surface area contributed by atoms with E-state index in [0.717, 1.165) is 35.6 Å².